The van der Waals surface area contributed by atoms with Crippen LogP contribution in [0.3, 0.4) is 0 Å². The Bertz CT molecular complexity index is 967. The first-order chi connectivity index (χ1) is 13.9. The Morgan fingerprint density at radius 2 is 0.750 bits per heavy atom. The minimum absolute atomic E-state index is 0.849. The standard InChI is InChI=1S/C26H22N2/c1-3-11-21(12-4-1)19-23-15-7-9-17-25(23)27-28-26-18-10-8-16-24(26)20-22-13-5-2-6-14-22/h1-18H,19-20H2/b28-27+. The van der Waals surface area contributed by atoms with Gasteiger partial charge in [-0.15, -0.1) is 0 Å². The van der Waals surface area contributed by atoms with Crippen molar-refractivity contribution in [2.75, 3.05) is 0 Å². The number of benzene rings is 4. The highest BCUT2D eigenvalue weighted by atomic mass is 15.1. The molecule has 2 nitrogen and oxygen atoms in total. The first kappa shape index (κ1) is 17.9. The number of hydrogen-bond donors (Lipinski definition) is 0. The van der Waals surface area contributed by atoms with Gasteiger partial charge < -0.3 is 0 Å². The molecule has 0 amide bonds. The minimum atomic E-state index is 0.849. The summed E-state index contributed by atoms with van der Waals surface area (Å²) >= 11 is 0. The molecule has 0 N–H and O–H groups in total. The fraction of sp³-hybridized carbons (Fsp3) is 0.0769. The minimum Gasteiger partial charge on any atom is -0.150 e. The van der Waals surface area contributed by atoms with Crippen molar-refractivity contribution in [3.05, 3.63) is 131 Å². The quantitative estimate of drug-likeness (QED) is 0.322. The molecule has 0 unspecified atom stereocenters. The number of hydrogen-bond acceptors (Lipinski definition) is 2. The summed E-state index contributed by atoms with van der Waals surface area (Å²) in [6.45, 7) is 0. The van der Waals surface area contributed by atoms with Gasteiger partial charge in [0.25, 0.3) is 0 Å². The lowest BCUT2D eigenvalue weighted by Crippen LogP contribution is -1.89. The zero-order valence-corrected chi connectivity index (χ0v) is 15.7. The van der Waals surface area contributed by atoms with Gasteiger partial charge in [-0.1, -0.05) is 97.1 Å². The van der Waals surface area contributed by atoms with Crippen LogP contribution in [0.4, 0.5) is 11.4 Å². The van der Waals surface area contributed by atoms with Gasteiger partial charge in [0.1, 0.15) is 0 Å². The van der Waals surface area contributed by atoms with Crippen molar-refractivity contribution < 1.29 is 0 Å². The van der Waals surface area contributed by atoms with Crippen LogP contribution in [0.25, 0.3) is 0 Å². The second-order valence-electron chi connectivity index (χ2n) is 6.78. The van der Waals surface area contributed by atoms with Crippen molar-refractivity contribution in [3.63, 3.8) is 0 Å². The highest BCUT2D eigenvalue weighted by Crippen LogP contribution is 2.27. The summed E-state index contributed by atoms with van der Waals surface area (Å²) in [5.74, 6) is 0. The maximum absolute atomic E-state index is 4.60. The van der Waals surface area contributed by atoms with Crippen LogP contribution in [-0.4, -0.2) is 0 Å². The molecule has 4 aromatic rings. The maximum Gasteiger partial charge on any atom is 0.0892 e. The van der Waals surface area contributed by atoms with Gasteiger partial charge in [0, 0.05) is 0 Å². The van der Waals surface area contributed by atoms with Crippen molar-refractivity contribution in [1.82, 2.24) is 0 Å². The molecular weight excluding hydrogens is 340 g/mol. The van der Waals surface area contributed by atoms with Gasteiger partial charge in [-0.3, -0.25) is 0 Å². The van der Waals surface area contributed by atoms with E-state index < -0.39 is 0 Å². The smallest absolute Gasteiger partial charge is 0.0892 e. The molecule has 136 valence electrons. The zero-order valence-electron chi connectivity index (χ0n) is 15.7. The summed E-state index contributed by atoms with van der Waals surface area (Å²) in [5.41, 5.74) is 6.74. The predicted octanol–water partition coefficient (Wildman–Crippen LogP) is 7.28. The second-order valence-corrected chi connectivity index (χ2v) is 6.78. The first-order valence-corrected chi connectivity index (χ1v) is 9.54. The zero-order chi connectivity index (χ0) is 19.0. The van der Waals surface area contributed by atoms with Crippen LogP contribution in [0, 0.1) is 0 Å². The van der Waals surface area contributed by atoms with Crippen molar-refractivity contribution in [2.45, 2.75) is 12.8 Å². The van der Waals surface area contributed by atoms with Gasteiger partial charge in [0.05, 0.1) is 11.4 Å². The number of rotatable bonds is 6. The van der Waals surface area contributed by atoms with Gasteiger partial charge in [0.15, 0.2) is 0 Å². The van der Waals surface area contributed by atoms with Crippen molar-refractivity contribution in [3.8, 4) is 0 Å². The van der Waals surface area contributed by atoms with Gasteiger partial charge in [-0.05, 0) is 47.2 Å². The molecule has 28 heavy (non-hydrogen) atoms. The van der Waals surface area contributed by atoms with Crippen LogP contribution >= 0.6 is 0 Å². The van der Waals surface area contributed by atoms with Gasteiger partial charge in [0.2, 0.25) is 0 Å². The average Bonchev–Trinajstić information content (AvgIpc) is 2.76. The number of azo groups is 1. The highest BCUT2D eigenvalue weighted by Gasteiger charge is 2.05. The largest absolute Gasteiger partial charge is 0.150 e. The van der Waals surface area contributed by atoms with Crippen LogP contribution < -0.4 is 0 Å². The fourth-order valence-corrected chi connectivity index (χ4v) is 3.26. The molecule has 0 aliphatic rings. The van der Waals surface area contributed by atoms with Crippen LogP contribution in [0.1, 0.15) is 22.3 Å². The van der Waals surface area contributed by atoms with E-state index in [2.05, 4.69) is 83.0 Å². The first-order valence-electron chi connectivity index (χ1n) is 9.54. The van der Waals surface area contributed by atoms with E-state index in [0.717, 1.165) is 24.2 Å². The lowest BCUT2D eigenvalue weighted by molar-refractivity contribution is 1.12. The van der Waals surface area contributed by atoms with Crippen molar-refractivity contribution >= 4 is 11.4 Å². The summed E-state index contributed by atoms with van der Waals surface area (Å²) in [7, 11) is 0. The Morgan fingerprint density at radius 3 is 1.18 bits per heavy atom. The van der Waals surface area contributed by atoms with Gasteiger partial charge >= 0.3 is 0 Å². The second kappa shape index (κ2) is 8.92. The van der Waals surface area contributed by atoms with E-state index in [9.17, 15) is 0 Å². The lowest BCUT2D eigenvalue weighted by Gasteiger charge is -2.07. The molecule has 0 bridgehead atoms. The average molecular weight is 362 g/mol. The van der Waals surface area contributed by atoms with E-state index in [1.54, 1.807) is 0 Å². The molecule has 0 fully saturated rings. The lowest BCUT2D eigenvalue weighted by atomic mass is 10.0. The van der Waals surface area contributed by atoms with E-state index >= 15 is 0 Å². The molecular formula is C26H22N2. The third kappa shape index (κ3) is 4.60. The highest BCUT2D eigenvalue weighted by molar-refractivity contribution is 5.51. The maximum atomic E-state index is 4.60. The third-order valence-electron chi connectivity index (χ3n) is 4.72. The van der Waals surface area contributed by atoms with Crippen molar-refractivity contribution in [2.24, 2.45) is 10.2 Å². The fourth-order valence-electron chi connectivity index (χ4n) is 3.26. The number of nitrogens with zero attached hydrogens (tertiary/aromatic N) is 2. The normalized spacial score (nSPS) is 11.0. The molecule has 0 spiro atoms. The molecule has 0 aliphatic carbocycles. The molecule has 4 aromatic carbocycles. The molecule has 0 saturated carbocycles. The van der Waals surface area contributed by atoms with Gasteiger partial charge in [-0.25, -0.2) is 0 Å². The van der Waals surface area contributed by atoms with Gasteiger partial charge in [-0.2, -0.15) is 10.2 Å². The van der Waals surface area contributed by atoms with E-state index in [0.29, 0.717) is 0 Å². The Morgan fingerprint density at radius 1 is 0.393 bits per heavy atom. The SMILES string of the molecule is c1ccc(Cc2ccccc2/N=N/c2ccccc2Cc2ccccc2)cc1. The molecule has 0 atom stereocenters. The van der Waals surface area contributed by atoms with E-state index in [1.807, 2.05) is 36.4 Å². The molecule has 0 saturated heterocycles. The van der Waals surface area contributed by atoms with E-state index in [1.165, 1.54) is 22.3 Å². The summed E-state index contributed by atoms with van der Waals surface area (Å²) in [5, 5.41) is 9.20. The van der Waals surface area contributed by atoms with Crippen LogP contribution in [0.2, 0.25) is 0 Å². The van der Waals surface area contributed by atoms with E-state index in [4.69, 9.17) is 0 Å². The van der Waals surface area contributed by atoms with Crippen LogP contribution in [-0.2, 0) is 12.8 Å². The summed E-state index contributed by atoms with van der Waals surface area (Å²) in [4.78, 5) is 0. The Hall–Kier alpha value is -3.52. The summed E-state index contributed by atoms with van der Waals surface area (Å²) in [6.07, 6.45) is 1.70. The molecule has 0 aromatic heterocycles. The summed E-state index contributed by atoms with van der Waals surface area (Å²) in [6, 6.07) is 37.4. The molecule has 0 radical (unpaired) electrons. The molecule has 0 aliphatic heterocycles. The monoisotopic (exact) mass is 362 g/mol. The Kier molecular flexibility index (Phi) is 5.69. The van der Waals surface area contributed by atoms with Crippen LogP contribution in [0.5, 0.6) is 0 Å². The third-order valence-corrected chi connectivity index (χ3v) is 4.72. The summed E-state index contributed by atoms with van der Waals surface area (Å²) < 4.78 is 0. The Labute approximate surface area is 166 Å². The molecule has 4 rings (SSSR count). The van der Waals surface area contributed by atoms with E-state index in [-0.39, 0.29) is 0 Å². The van der Waals surface area contributed by atoms with Crippen LogP contribution in [0.15, 0.2) is 119 Å². The predicted molar refractivity (Wildman–Crippen MR) is 116 cm³/mol. The van der Waals surface area contributed by atoms with Crippen molar-refractivity contribution in [1.29, 1.82) is 0 Å². The Balaban J connectivity index is 1.59. The molecule has 0 heterocycles. The topological polar surface area (TPSA) is 24.7 Å². The molecule has 2 heteroatoms.